The smallest absolute Gasteiger partial charge is 0.256 e. The molecule has 1 fully saturated rings. The summed E-state index contributed by atoms with van der Waals surface area (Å²) >= 11 is 0. The summed E-state index contributed by atoms with van der Waals surface area (Å²) in [5.41, 5.74) is 1.24. The number of carbonyl (C=O) groups is 1. The number of benzene rings is 1. The Morgan fingerprint density at radius 1 is 1.29 bits per heavy atom. The first-order valence-electron chi connectivity index (χ1n) is 9.63. The van der Waals surface area contributed by atoms with Gasteiger partial charge in [-0.05, 0) is 50.6 Å². The quantitative estimate of drug-likeness (QED) is 0.763. The lowest BCUT2D eigenvalue weighted by Crippen LogP contribution is -2.37. The maximum absolute atomic E-state index is 13.0. The number of carbonyl (C=O) groups excluding carboxylic acids is 1. The molecule has 28 heavy (non-hydrogen) atoms. The molecule has 6 nitrogen and oxygen atoms in total. The van der Waals surface area contributed by atoms with Gasteiger partial charge in [0.15, 0.2) is 0 Å². The highest BCUT2D eigenvalue weighted by Gasteiger charge is 2.27. The Labute approximate surface area is 165 Å². The Balaban J connectivity index is 1.66. The number of hydrogen-bond donors (Lipinski definition) is 0. The summed E-state index contributed by atoms with van der Waals surface area (Å²) in [5, 5.41) is 0. The average Bonchev–Trinajstić information content (AvgIpc) is 2.69. The van der Waals surface area contributed by atoms with E-state index >= 15 is 0 Å². The highest BCUT2D eigenvalue weighted by atomic mass is 19.1. The number of aromatic nitrogens is 2. The third kappa shape index (κ3) is 4.84. The van der Waals surface area contributed by atoms with Crippen LogP contribution < -0.4 is 4.74 Å². The van der Waals surface area contributed by atoms with E-state index in [-0.39, 0.29) is 17.8 Å². The fraction of sp³-hybridized carbons (Fsp3) is 0.476. The number of ether oxygens (including phenoxy) is 1. The molecule has 1 amide bonds. The van der Waals surface area contributed by atoms with E-state index in [1.807, 2.05) is 6.92 Å². The fourth-order valence-electron chi connectivity index (χ4n) is 3.46. The second kappa shape index (κ2) is 9.10. The summed E-state index contributed by atoms with van der Waals surface area (Å²) in [4.78, 5) is 25.2. The van der Waals surface area contributed by atoms with Crippen molar-refractivity contribution in [1.82, 2.24) is 19.8 Å². The van der Waals surface area contributed by atoms with Crippen molar-refractivity contribution in [3.8, 4) is 5.75 Å². The normalized spacial score (nSPS) is 17.4. The molecule has 1 aromatic heterocycles. The lowest BCUT2D eigenvalue weighted by molar-refractivity contribution is 0.0825. The van der Waals surface area contributed by atoms with Gasteiger partial charge in [0.2, 0.25) is 0 Å². The van der Waals surface area contributed by atoms with E-state index in [0.717, 1.165) is 38.2 Å². The van der Waals surface area contributed by atoms with Crippen LogP contribution in [0.5, 0.6) is 5.75 Å². The van der Waals surface area contributed by atoms with Crippen molar-refractivity contribution >= 4 is 5.91 Å². The van der Waals surface area contributed by atoms with Crippen LogP contribution in [0.2, 0.25) is 0 Å². The Morgan fingerprint density at radius 3 is 2.71 bits per heavy atom. The van der Waals surface area contributed by atoms with E-state index < -0.39 is 0 Å². The van der Waals surface area contributed by atoms with Crippen LogP contribution in [0.25, 0.3) is 0 Å². The van der Waals surface area contributed by atoms with Crippen molar-refractivity contribution in [1.29, 1.82) is 0 Å². The molecule has 0 spiro atoms. The van der Waals surface area contributed by atoms with E-state index in [1.54, 1.807) is 32.4 Å². The maximum Gasteiger partial charge on any atom is 0.256 e. The Morgan fingerprint density at radius 2 is 2.04 bits per heavy atom. The first-order chi connectivity index (χ1) is 13.5. The van der Waals surface area contributed by atoms with Crippen molar-refractivity contribution in [3.05, 3.63) is 53.4 Å². The lowest BCUT2D eigenvalue weighted by atomic mass is 10.0. The molecule has 0 N–H and O–H groups in total. The summed E-state index contributed by atoms with van der Waals surface area (Å²) in [6.45, 7) is 4.06. The number of halogens is 1. The minimum Gasteiger partial charge on any atom is -0.492 e. The summed E-state index contributed by atoms with van der Waals surface area (Å²) < 4.78 is 18.7. The summed E-state index contributed by atoms with van der Waals surface area (Å²) in [6, 6.07) is 6.18. The molecular formula is C21H27FN4O2. The summed E-state index contributed by atoms with van der Waals surface area (Å²) in [7, 11) is 3.44. The molecule has 1 aliphatic heterocycles. The molecule has 2 aromatic rings. The van der Waals surface area contributed by atoms with Gasteiger partial charge in [-0.1, -0.05) is 6.42 Å². The van der Waals surface area contributed by atoms with Gasteiger partial charge in [-0.3, -0.25) is 9.69 Å². The third-order valence-corrected chi connectivity index (χ3v) is 5.01. The number of rotatable bonds is 6. The van der Waals surface area contributed by atoms with Gasteiger partial charge in [0.25, 0.3) is 5.91 Å². The van der Waals surface area contributed by atoms with Gasteiger partial charge in [0.1, 0.15) is 24.0 Å². The SMILES string of the molecule is Cc1nc([C@H]2CCCCN2CCOc2ccc(F)cc2)ncc1C(=O)N(C)C. The minimum atomic E-state index is -0.271. The monoisotopic (exact) mass is 386 g/mol. The van der Waals surface area contributed by atoms with Crippen LogP contribution in [0.1, 0.15) is 47.2 Å². The van der Waals surface area contributed by atoms with Gasteiger partial charge in [-0.2, -0.15) is 0 Å². The van der Waals surface area contributed by atoms with Crippen LogP contribution in [0, 0.1) is 12.7 Å². The van der Waals surface area contributed by atoms with Gasteiger partial charge >= 0.3 is 0 Å². The molecule has 2 heterocycles. The zero-order valence-corrected chi connectivity index (χ0v) is 16.7. The number of likely N-dealkylation sites (tertiary alicyclic amines) is 1. The third-order valence-electron chi connectivity index (χ3n) is 5.01. The molecule has 0 bridgehead atoms. The van der Waals surface area contributed by atoms with E-state index in [4.69, 9.17) is 4.74 Å². The van der Waals surface area contributed by atoms with E-state index in [0.29, 0.717) is 23.6 Å². The van der Waals surface area contributed by atoms with Crippen LogP contribution in [-0.2, 0) is 0 Å². The zero-order chi connectivity index (χ0) is 20.1. The van der Waals surface area contributed by atoms with Crippen LogP contribution in [0.4, 0.5) is 4.39 Å². The second-order valence-corrected chi connectivity index (χ2v) is 7.28. The van der Waals surface area contributed by atoms with Gasteiger partial charge in [-0.25, -0.2) is 14.4 Å². The minimum absolute atomic E-state index is 0.0859. The molecule has 0 unspecified atom stereocenters. The first kappa shape index (κ1) is 20.2. The Bertz CT molecular complexity index is 811. The summed E-state index contributed by atoms with van der Waals surface area (Å²) in [5.74, 6) is 1.06. The Hall–Kier alpha value is -2.54. The van der Waals surface area contributed by atoms with Crippen molar-refractivity contribution in [3.63, 3.8) is 0 Å². The molecular weight excluding hydrogens is 359 g/mol. The highest BCUT2D eigenvalue weighted by Crippen LogP contribution is 2.29. The predicted octanol–water partition coefficient (Wildman–Crippen LogP) is 3.23. The van der Waals surface area contributed by atoms with E-state index in [9.17, 15) is 9.18 Å². The fourth-order valence-corrected chi connectivity index (χ4v) is 3.46. The largest absolute Gasteiger partial charge is 0.492 e. The molecule has 3 rings (SSSR count). The van der Waals surface area contributed by atoms with Crippen LogP contribution in [0.3, 0.4) is 0 Å². The number of nitrogens with zero attached hydrogens (tertiary/aromatic N) is 4. The van der Waals surface area contributed by atoms with Crippen molar-refractivity contribution < 1.29 is 13.9 Å². The van der Waals surface area contributed by atoms with Gasteiger partial charge in [0, 0.05) is 26.8 Å². The predicted molar refractivity (Wildman–Crippen MR) is 105 cm³/mol. The van der Waals surface area contributed by atoms with Crippen LogP contribution >= 0.6 is 0 Å². The number of amides is 1. The molecule has 0 radical (unpaired) electrons. The molecule has 0 aliphatic carbocycles. The standard InChI is InChI=1S/C21H27FN4O2/c1-15-18(21(27)25(2)3)14-23-20(24-15)19-6-4-5-11-26(19)12-13-28-17-9-7-16(22)8-10-17/h7-10,14,19H,4-6,11-13H2,1-3H3/t19-/m1/s1. The number of piperidine rings is 1. The van der Waals surface area contributed by atoms with Gasteiger partial charge < -0.3 is 9.64 Å². The molecule has 150 valence electrons. The average molecular weight is 386 g/mol. The number of hydrogen-bond acceptors (Lipinski definition) is 5. The maximum atomic E-state index is 13.0. The van der Waals surface area contributed by atoms with Gasteiger partial charge in [0.05, 0.1) is 17.3 Å². The molecule has 1 aromatic carbocycles. The number of aryl methyl sites for hydroxylation is 1. The van der Waals surface area contributed by atoms with Crippen molar-refractivity contribution in [2.75, 3.05) is 33.8 Å². The molecule has 7 heteroatoms. The highest BCUT2D eigenvalue weighted by molar-refractivity contribution is 5.94. The molecule has 1 aliphatic rings. The zero-order valence-electron chi connectivity index (χ0n) is 16.7. The Kier molecular flexibility index (Phi) is 6.57. The topological polar surface area (TPSA) is 58.6 Å². The molecule has 1 atom stereocenters. The lowest BCUT2D eigenvalue weighted by Gasteiger charge is -2.34. The summed E-state index contributed by atoms with van der Waals surface area (Å²) in [6.07, 6.45) is 4.88. The van der Waals surface area contributed by atoms with E-state index in [2.05, 4.69) is 14.9 Å². The van der Waals surface area contributed by atoms with E-state index in [1.165, 1.54) is 17.0 Å². The first-order valence-corrected chi connectivity index (χ1v) is 9.63. The molecule has 0 saturated carbocycles. The second-order valence-electron chi connectivity index (χ2n) is 7.28. The van der Waals surface area contributed by atoms with Gasteiger partial charge in [-0.15, -0.1) is 0 Å². The van der Waals surface area contributed by atoms with Crippen molar-refractivity contribution in [2.45, 2.75) is 32.2 Å². The molecule has 1 saturated heterocycles. The van der Waals surface area contributed by atoms with Crippen LogP contribution in [0.15, 0.2) is 30.5 Å². The van der Waals surface area contributed by atoms with Crippen molar-refractivity contribution in [2.24, 2.45) is 0 Å². The van der Waals surface area contributed by atoms with Crippen LogP contribution in [-0.4, -0.2) is 59.5 Å².